The van der Waals surface area contributed by atoms with Crippen LogP contribution in [-0.2, 0) is 33.5 Å². The molecule has 2 aromatic carbocycles. The molecular formula is C26H22O11. The third-order valence-corrected chi connectivity index (χ3v) is 4.28. The molecule has 0 saturated heterocycles. The van der Waals surface area contributed by atoms with Gasteiger partial charge in [-0.3, -0.25) is 19.2 Å². The van der Waals surface area contributed by atoms with Crippen molar-refractivity contribution in [3.8, 4) is 23.0 Å². The maximum Gasteiger partial charge on any atom is 0.346 e. The summed E-state index contributed by atoms with van der Waals surface area (Å²) in [4.78, 5) is 70.5. The van der Waals surface area contributed by atoms with Gasteiger partial charge in [0.2, 0.25) is 0 Å². The van der Waals surface area contributed by atoms with Crippen LogP contribution < -0.4 is 18.9 Å². The van der Waals surface area contributed by atoms with Crippen LogP contribution >= 0.6 is 0 Å². The molecule has 37 heavy (non-hydrogen) atoms. The van der Waals surface area contributed by atoms with Gasteiger partial charge in [-0.05, 0) is 35.4 Å². The van der Waals surface area contributed by atoms with Gasteiger partial charge in [-0.25, -0.2) is 9.59 Å². The predicted molar refractivity (Wildman–Crippen MR) is 127 cm³/mol. The monoisotopic (exact) mass is 510 g/mol. The van der Waals surface area contributed by atoms with Crippen LogP contribution in [0, 0.1) is 0 Å². The summed E-state index contributed by atoms with van der Waals surface area (Å²) < 4.78 is 24.8. The third kappa shape index (κ3) is 7.99. The van der Waals surface area contributed by atoms with Crippen LogP contribution in [-0.4, -0.2) is 35.8 Å². The Bertz CT molecular complexity index is 1230. The molecule has 0 aliphatic heterocycles. The van der Waals surface area contributed by atoms with E-state index < -0.39 is 35.8 Å². The quantitative estimate of drug-likeness (QED) is 0.223. The Morgan fingerprint density at radius 2 is 0.811 bits per heavy atom. The van der Waals surface area contributed by atoms with E-state index in [0.717, 1.165) is 27.7 Å². The average Bonchev–Trinajstić information content (AvgIpc) is 2.79. The molecule has 0 saturated carbocycles. The first-order chi connectivity index (χ1) is 17.3. The van der Waals surface area contributed by atoms with Gasteiger partial charge in [0.25, 0.3) is 0 Å². The Morgan fingerprint density at radius 1 is 0.514 bits per heavy atom. The highest BCUT2D eigenvalue weighted by Crippen LogP contribution is 2.33. The van der Waals surface area contributed by atoms with Gasteiger partial charge in [-0.1, -0.05) is 25.3 Å². The standard InChI is InChI=1S/C26H22O11/c1-13(19-7-9-21(33-15(3)27)23(11-19)35-17(5)29)25(31)37-26(32)14(2)20-8-10-22(34-16(4)28)24(12-20)36-18(6)30/h7-12H,1-2H2,3-6H3. The van der Waals surface area contributed by atoms with Gasteiger partial charge in [0.05, 0.1) is 11.1 Å². The summed E-state index contributed by atoms with van der Waals surface area (Å²) in [5, 5.41) is 0. The number of esters is 6. The number of benzene rings is 2. The molecule has 192 valence electrons. The Hall–Kier alpha value is -5.06. The van der Waals surface area contributed by atoms with Crippen molar-refractivity contribution in [3.63, 3.8) is 0 Å². The topological polar surface area (TPSA) is 149 Å². The maximum atomic E-state index is 12.6. The molecule has 0 unspecified atom stereocenters. The summed E-state index contributed by atoms with van der Waals surface area (Å²) in [5.74, 6) is -5.49. The van der Waals surface area contributed by atoms with Crippen molar-refractivity contribution in [3.05, 3.63) is 60.7 Å². The molecule has 0 amide bonds. The third-order valence-electron chi connectivity index (χ3n) is 4.28. The van der Waals surface area contributed by atoms with Crippen LogP contribution in [0.2, 0.25) is 0 Å². The first kappa shape index (κ1) is 28.2. The van der Waals surface area contributed by atoms with Crippen molar-refractivity contribution < 1.29 is 52.5 Å². The Morgan fingerprint density at radius 3 is 1.11 bits per heavy atom. The van der Waals surface area contributed by atoms with E-state index in [9.17, 15) is 28.8 Å². The lowest BCUT2D eigenvalue weighted by Crippen LogP contribution is -2.15. The molecule has 0 aliphatic carbocycles. The zero-order valence-electron chi connectivity index (χ0n) is 20.4. The molecular weight excluding hydrogens is 488 g/mol. The van der Waals surface area contributed by atoms with Crippen LogP contribution in [0.1, 0.15) is 38.8 Å². The fourth-order valence-corrected chi connectivity index (χ4v) is 2.78. The zero-order chi connectivity index (χ0) is 27.9. The van der Waals surface area contributed by atoms with Crippen LogP contribution in [0.5, 0.6) is 23.0 Å². The highest BCUT2D eigenvalue weighted by Gasteiger charge is 2.22. The van der Waals surface area contributed by atoms with Crippen molar-refractivity contribution >= 4 is 47.0 Å². The fraction of sp³-hybridized carbons (Fsp3) is 0.154. The average molecular weight is 510 g/mol. The smallest absolute Gasteiger partial charge is 0.346 e. The minimum absolute atomic E-state index is 0.0714. The van der Waals surface area contributed by atoms with Crippen LogP contribution in [0.4, 0.5) is 0 Å². The van der Waals surface area contributed by atoms with E-state index in [0.29, 0.717) is 0 Å². The highest BCUT2D eigenvalue weighted by atomic mass is 16.6. The van der Waals surface area contributed by atoms with Gasteiger partial charge in [0.1, 0.15) is 0 Å². The first-order valence-electron chi connectivity index (χ1n) is 10.4. The molecule has 0 fully saturated rings. The van der Waals surface area contributed by atoms with Gasteiger partial charge in [-0.15, -0.1) is 0 Å². The highest BCUT2D eigenvalue weighted by molar-refractivity contribution is 6.25. The van der Waals surface area contributed by atoms with Crippen molar-refractivity contribution in [2.75, 3.05) is 0 Å². The number of rotatable bonds is 8. The summed E-state index contributed by atoms with van der Waals surface area (Å²) >= 11 is 0. The van der Waals surface area contributed by atoms with Gasteiger partial charge in [0, 0.05) is 27.7 Å². The second-order valence-corrected chi connectivity index (χ2v) is 7.33. The summed E-state index contributed by atoms with van der Waals surface area (Å²) in [6, 6.07) is 7.65. The molecule has 0 atom stereocenters. The molecule has 0 aliphatic rings. The summed E-state index contributed by atoms with van der Waals surface area (Å²) in [6.07, 6.45) is 0. The van der Waals surface area contributed by atoms with Crippen LogP contribution in [0.25, 0.3) is 11.1 Å². The van der Waals surface area contributed by atoms with Gasteiger partial charge in [-0.2, -0.15) is 0 Å². The molecule has 2 aromatic rings. The summed E-state index contributed by atoms with van der Waals surface area (Å²) in [7, 11) is 0. The molecule has 11 heteroatoms. The lowest BCUT2D eigenvalue weighted by Gasteiger charge is -2.13. The van der Waals surface area contributed by atoms with Gasteiger partial charge < -0.3 is 23.7 Å². The molecule has 0 heterocycles. The normalized spacial score (nSPS) is 9.95. The molecule has 0 aromatic heterocycles. The molecule has 0 N–H and O–H groups in total. The number of hydrogen-bond acceptors (Lipinski definition) is 11. The molecule has 11 nitrogen and oxygen atoms in total. The number of carbonyl (C=O) groups excluding carboxylic acids is 6. The number of hydrogen-bond donors (Lipinski definition) is 0. The molecule has 2 rings (SSSR count). The van der Waals surface area contributed by atoms with Crippen molar-refractivity contribution in [1.29, 1.82) is 0 Å². The van der Waals surface area contributed by atoms with E-state index in [2.05, 4.69) is 13.2 Å². The first-order valence-corrected chi connectivity index (χ1v) is 10.4. The summed E-state index contributed by atoms with van der Waals surface area (Å²) in [6.45, 7) is 11.8. The molecule has 0 spiro atoms. The molecule has 0 radical (unpaired) electrons. The Labute approximate surface area is 211 Å². The van der Waals surface area contributed by atoms with Crippen molar-refractivity contribution in [2.24, 2.45) is 0 Å². The van der Waals surface area contributed by atoms with Crippen molar-refractivity contribution in [1.82, 2.24) is 0 Å². The van der Waals surface area contributed by atoms with E-state index in [1.54, 1.807) is 0 Å². The fourth-order valence-electron chi connectivity index (χ4n) is 2.78. The number of carbonyl (C=O) groups is 6. The second-order valence-electron chi connectivity index (χ2n) is 7.33. The Kier molecular flexibility index (Phi) is 9.19. The largest absolute Gasteiger partial charge is 0.423 e. The van der Waals surface area contributed by atoms with E-state index in [1.807, 2.05) is 0 Å². The minimum Gasteiger partial charge on any atom is -0.423 e. The lowest BCUT2D eigenvalue weighted by atomic mass is 10.1. The maximum absolute atomic E-state index is 12.6. The Balaban J connectivity index is 2.23. The van der Waals surface area contributed by atoms with E-state index in [-0.39, 0.29) is 45.3 Å². The minimum atomic E-state index is -1.14. The molecule has 0 bridgehead atoms. The lowest BCUT2D eigenvalue weighted by molar-refractivity contribution is -0.151. The van der Waals surface area contributed by atoms with E-state index >= 15 is 0 Å². The van der Waals surface area contributed by atoms with Crippen LogP contribution in [0.15, 0.2) is 49.6 Å². The van der Waals surface area contributed by atoms with Gasteiger partial charge in [0.15, 0.2) is 23.0 Å². The van der Waals surface area contributed by atoms with E-state index in [1.165, 1.54) is 36.4 Å². The van der Waals surface area contributed by atoms with E-state index in [4.69, 9.17) is 23.7 Å². The van der Waals surface area contributed by atoms with Crippen LogP contribution in [0.3, 0.4) is 0 Å². The predicted octanol–water partition coefficient (Wildman–Crippen LogP) is 3.18. The number of ether oxygens (including phenoxy) is 5. The van der Waals surface area contributed by atoms with Crippen molar-refractivity contribution in [2.45, 2.75) is 27.7 Å². The zero-order valence-corrected chi connectivity index (χ0v) is 20.4. The SMILES string of the molecule is C=C(C(=O)OC(=O)C(=C)c1ccc(OC(C)=O)c(OC(C)=O)c1)c1ccc(OC(C)=O)c(OC(C)=O)c1. The van der Waals surface area contributed by atoms with Gasteiger partial charge >= 0.3 is 35.8 Å². The second kappa shape index (κ2) is 12.1. The summed E-state index contributed by atoms with van der Waals surface area (Å²) in [5.41, 5.74) is -0.346.